The second kappa shape index (κ2) is 8.66. The molecule has 31 heavy (non-hydrogen) atoms. The standard InChI is InChI=1S/C22H25BrN6O2/c1-22(2,3)31-21(30)28-12-10-27(11-13-28)16-4-6-17(7-5-16)29-14-18(23)20(26-29)19-8-9-24-15-25-19/h4-9,14-15H,10-13H2,1-3H3. The van der Waals surface area contributed by atoms with Crippen molar-refractivity contribution < 1.29 is 9.53 Å². The van der Waals surface area contributed by atoms with Crippen LogP contribution in [0, 0.1) is 0 Å². The summed E-state index contributed by atoms with van der Waals surface area (Å²) in [4.78, 5) is 24.5. The van der Waals surface area contributed by atoms with Gasteiger partial charge < -0.3 is 14.5 Å². The first-order valence-corrected chi connectivity index (χ1v) is 10.9. The number of piperazine rings is 1. The molecule has 3 heterocycles. The van der Waals surface area contributed by atoms with E-state index < -0.39 is 5.60 Å². The first kappa shape index (κ1) is 21.3. The zero-order chi connectivity index (χ0) is 22.0. The molecule has 1 fully saturated rings. The van der Waals surface area contributed by atoms with Crippen LogP contribution in [0.2, 0.25) is 0 Å². The lowest BCUT2D eigenvalue weighted by atomic mass is 10.2. The number of benzene rings is 1. The van der Waals surface area contributed by atoms with Gasteiger partial charge in [-0.25, -0.2) is 19.4 Å². The van der Waals surface area contributed by atoms with Gasteiger partial charge in [-0.3, -0.25) is 0 Å². The Kier molecular flexibility index (Phi) is 5.95. The summed E-state index contributed by atoms with van der Waals surface area (Å²) in [6.07, 6.45) is 4.89. The highest BCUT2D eigenvalue weighted by Gasteiger charge is 2.26. The molecule has 0 N–H and O–H groups in total. The van der Waals surface area contributed by atoms with Crippen LogP contribution in [-0.2, 0) is 4.74 Å². The number of carbonyl (C=O) groups excluding carboxylic acids is 1. The highest BCUT2D eigenvalue weighted by molar-refractivity contribution is 9.10. The summed E-state index contributed by atoms with van der Waals surface area (Å²) in [5.41, 5.74) is 3.13. The Labute approximate surface area is 190 Å². The van der Waals surface area contributed by atoms with Crippen molar-refractivity contribution in [2.75, 3.05) is 31.1 Å². The minimum absolute atomic E-state index is 0.244. The van der Waals surface area contributed by atoms with Gasteiger partial charge >= 0.3 is 6.09 Å². The fourth-order valence-electron chi connectivity index (χ4n) is 3.38. The molecule has 1 aliphatic heterocycles. The van der Waals surface area contributed by atoms with Crippen molar-refractivity contribution >= 4 is 27.7 Å². The van der Waals surface area contributed by atoms with Crippen molar-refractivity contribution in [2.24, 2.45) is 0 Å². The van der Waals surface area contributed by atoms with Crippen LogP contribution in [0.5, 0.6) is 0 Å². The summed E-state index contributed by atoms with van der Waals surface area (Å²) in [5.74, 6) is 0. The third kappa shape index (κ3) is 5.04. The topological polar surface area (TPSA) is 76.4 Å². The van der Waals surface area contributed by atoms with Gasteiger partial charge in [0.2, 0.25) is 0 Å². The monoisotopic (exact) mass is 484 g/mol. The number of anilines is 1. The molecule has 0 saturated carbocycles. The molecule has 1 saturated heterocycles. The first-order chi connectivity index (χ1) is 14.8. The molecular formula is C22H25BrN6O2. The molecule has 0 bridgehead atoms. The Hall–Kier alpha value is -2.94. The average Bonchev–Trinajstić information content (AvgIpc) is 3.15. The van der Waals surface area contributed by atoms with Crippen molar-refractivity contribution in [1.29, 1.82) is 0 Å². The van der Waals surface area contributed by atoms with E-state index >= 15 is 0 Å². The molecule has 1 aliphatic rings. The molecule has 8 nitrogen and oxygen atoms in total. The van der Waals surface area contributed by atoms with Crippen molar-refractivity contribution in [1.82, 2.24) is 24.6 Å². The molecule has 9 heteroatoms. The van der Waals surface area contributed by atoms with Crippen LogP contribution < -0.4 is 4.90 Å². The SMILES string of the molecule is CC(C)(C)OC(=O)N1CCN(c2ccc(-n3cc(Br)c(-c4ccncn4)n3)cc2)CC1. The van der Waals surface area contributed by atoms with Gasteiger partial charge in [-0.2, -0.15) is 5.10 Å². The van der Waals surface area contributed by atoms with Gasteiger partial charge in [0.15, 0.2) is 0 Å². The number of amides is 1. The lowest BCUT2D eigenvalue weighted by Crippen LogP contribution is -2.50. The largest absolute Gasteiger partial charge is 0.444 e. The maximum atomic E-state index is 12.3. The lowest BCUT2D eigenvalue weighted by molar-refractivity contribution is 0.0240. The maximum Gasteiger partial charge on any atom is 0.410 e. The second-order valence-electron chi connectivity index (χ2n) is 8.34. The summed E-state index contributed by atoms with van der Waals surface area (Å²) in [6, 6.07) is 10.1. The third-order valence-electron chi connectivity index (χ3n) is 4.90. The quantitative estimate of drug-likeness (QED) is 0.555. The molecule has 0 aliphatic carbocycles. The molecule has 3 aromatic rings. The minimum Gasteiger partial charge on any atom is -0.444 e. The van der Waals surface area contributed by atoms with Crippen LogP contribution in [0.3, 0.4) is 0 Å². The van der Waals surface area contributed by atoms with E-state index in [0.717, 1.165) is 40.3 Å². The maximum absolute atomic E-state index is 12.3. The van der Waals surface area contributed by atoms with E-state index in [1.54, 1.807) is 11.1 Å². The minimum atomic E-state index is -0.473. The van der Waals surface area contributed by atoms with Gasteiger partial charge in [0, 0.05) is 44.3 Å². The van der Waals surface area contributed by atoms with E-state index in [1.807, 2.05) is 49.8 Å². The zero-order valence-electron chi connectivity index (χ0n) is 17.8. The number of nitrogens with zero attached hydrogens (tertiary/aromatic N) is 6. The third-order valence-corrected chi connectivity index (χ3v) is 5.49. The van der Waals surface area contributed by atoms with Crippen LogP contribution in [-0.4, -0.2) is 62.5 Å². The number of aromatic nitrogens is 4. The Morgan fingerprint density at radius 3 is 2.32 bits per heavy atom. The van der Waals surface area contributed by atoms with Crippen molar-refractivity contribution in [3.05, 3.63) is 53.5 Å². The molecule has 0 spiro atoms. The number of halogens is 1. The van der Waals surface area contributed by atoms with Crippen LogP contribution in [0.1, 0.15) is 20.8 Å². The number of hydrogen-bond donors (Lipinski definition) is 0. The molecule has 2 aromatic heterocycles. The van der Waals surface area contributed by atoms with E-state index in [4.69, 9.17) is 4.74 Å². The number of rotatable bonds is 3. The molecule has 0 radical (unpaired) electrons. The lowest BCUT2D eigenvalue weighted by Gasteiger charge is -2.36. The van der Waals surface area contributed by atoms with Gasteiger partial charge in [0.05, 0.1) is 15.9 Å². The van der Waals surface area contributed by atoms with Gasteiger partial charge in [-0.05, 0) is 67.0 Å². The van der Waals surface area contributed by atoms with E-state index in [-0.39, 0.29) is 6.09 Å². The molecule has 0 atom stereocenters. The van der Waals surface area contributed by atoms with Gasteiger partial charge in [-0.1, -0.05) is 0 Å². The highest BCUT2D eigenvalue weighted by Crippen LogP contribution is 2.27. The number of hydrogen-bond acceptors (Lipinski definition) is 6. The zero-order valence-corrected chi connectivity index (χ0v) is 19.4. The van der Waals surface area contributed by atoms with Gasteiger partial charge in [-0.15, -0.1) is 0 Å². The summed E-state index contributed by atoms with van der Waals surface area (Å²) in [5, 5.41) is 4.66. The highest BCUT2D eigenvalue weighted by atomic mass is 79.9. The smallest absolute Gasteiger partial charge is 0.410 e. The number of ether oxygens (including phenoxy) is 1. The van der Waals surface area contributed by atoms with Crippen molar-refractivity contribution in [3.63, 3.8) is 0 Å². The second-order valence-corrected chi connectivity index (χ2v) is 9.19. The number of carbonyl (C=O) groups is 1. The Balaban J connectivity index is 1.41. The van der Waals surface area contributed by atoms with Crippen LogP contribution in [0.15, 0.2) is 53.5 Å². The molecule has 4 rings (SSSR count). The Morgan fingerprint density at radius 2 is 1.71 bits per heavy atom. The molecule has 162 valence electrons. The normalized spacial score (nSPS) is 14.6. The Morgan fingerprint density at radius 1 is 1.03 bits per heavy atom. The summed E-state index contributed by atoms with van der Waals surface area (Å²) < 4.78 is 8.17. The average molecular weight is 485 g/mol. The fraction of sp³-hybridized carbons (Fsp3) is 0.364. The molecular weight excluding hydrogens is 460 g/mol. The van der Waals surface area contributed by atoms with Gasteiger partial charge in [0.1, 0.15) is 17.6 Å². The summed E-state index contributed by atoms with van der Waals surface area (Å²) in [7, 11) is 0. The molecule has 0 unspecified atom stereocenters. The summed E-state index contributed by atoms with van der Waals surface area (Å²) >= 11 is 3.57. The van der Waals surface area contributed by atoms with Crippen LogP contribution >= 0.6 is 15.9 Å². The van der Waals surface area contributed by atoms with Gasteiger partial charge in [0.25, 0.3) is 0 Å². The fourth-order valence-corrected chi connectivity index (χ4v) is 3.86. The Bertz CT molecular complexity index is 1040. The predicted octanol–water partition coefficient (Wildman–Crippen LogP) is 4.15. The first-order valence-electron chi connectivity index (χ1n) is 10.1. The predicted molar refractivity (Wildman–Crippen MR) is 122 cm³/mol. The van der Waals surface area contributed by atoms with Crippen molar-refractivity contribution in [2.45, 2.75) is 26.4 Å². The van der Waals surface area contributed by atoms with Crippen LogP contribution in [0.25, 0.3) is 17.1 Å². The van der Waals surface area contributed by atoms with E-state index in [2.05, 4.69) is 48.0 Å². The summed E-state index contributed by atoms with van der Waals surface area (Å²) in [6.45, 7) is 8.48. The van der Waals surface area contributed by atoms with E-state index in [1.165, 1.54) is 6.33 Å². The van der Waals surface area contributed by atoms with E-state index in [9.17, 15) is 4.79 Å². The van der Waals surface area contributed by atoms with Crippen molar-refractivity contribution in [3.8, 4) is 17.1 Å². The van der Waals surface area contributed by atoms with Crippen LogP contribution in [0.4, 0.5) is 10.5 Å². The molecule has 1 amide bonds. The molecule has 1 aromatic carbocycles. The van der Waals surface area contributed by atoms with E-state index in [0.29, 0.717) is 13.1 Å².